The fourth-order valence-corrected chi connectivity index (χ4v) is 3.41. The zero-order chi connectivity index (χ0) is 15.0. The van der Waals surface area contributed by atoms with Gasteiger partial charge in [-0.1, -0.05) is 12.1 Å². The molecule has 0 aliphatic carbocycles. The second kappa shape index (κ2) is 5.48. The first-order valence-electron chi connectivity index (χ1n) is 7.98. The van der Waals surface area contributed by atoms with Crippen molar-refractivity contribution in [2.45, 2.75) is 25.0 Å². The van der Waals surface area contributed by atoms with Crippen LogP contribution in [-0.4, -0.2) is 49.4 Å². The molecule has 3 aliphatic rings. The lowest BCUT2D eigenvalue weighted by Crippen LogP contribution is -2.47. The van der Waals surface area contributed by atoms with Crippen molar-refractivity contribution in [3.63, 3.8) is 0 Å². The molecule has 3 aliphatic heterocycles. The molecule has 1 amide bonds. The Morgan fingerprint density at radius 2 is 1.95 bits per heavy atom. The first kappa shape index (κ1) is 13.9. The molecule has 1 spiro atoms. The summed E-state index contributed by atoms with van der Waals surface area (Å²) in [5.41, 5.74) is 0.724. The molecule has 0 N–H and O–H groups in total. The number of carbonyl (C=O) groups excluding carboxylic acids is 1. The van der Waals surface area contributed by atoms with Crippen LogP contribution in [0.15, 0.2) is 23.2 Å². The monoisotopic (exact) mass is 300 g/mol. The Hall–Kier alpha value is -1.72. The number of nitrogens with zero attached hydrogens (tertiary/aromatic N) is 2. The zero-order valence-electron chi connectivity index (χ0n) is 12.6. The van der Waals surface area contributed by atoms with Gasteiger partial charge in [-0.15, -0.1) is 0 Å². The minimum atomic E-state index is -0.434. The van der Waals surface area contributed by atoms with E-state index in [-0.39, 0.29) is 5.91 Å². The molecule has 4 rings (SSSR count). The highest BCUT2D eigenvalue weighted by atomic mass is 16.7. The fourth-order valence-electron chi connectivity index (χ4n) is 3.41. The minimum absolute atomic E-state index is 0.0800. The SMILES string of the molecule is O=C(c1ccc2c(c1)=NCCC=2)N1CCC2(CC1)OCCO2. The van der Waals surface area contributed by atoms with Crippen LogP contribution < -0.4 is 10.6 Å². The summed E-state index contributed by atoms with van der Waals surface area (Å²) in [6, 6.07) is 5.82. The molecule has 22 heavy (non-hydrogen) atoms. The van der Waals surface area contributed by atoms with Crippen molar-refractivity contribution in [3.8, 4) is 0 Å². The van der Waals surface area contributed by atoms with E-state index in [1.807, 2.05) is 23.1 Å². The van der Waals surface area contributed by atoms with E-state index in [1.54, 1.807) is 0 Å². The van der Waals surface area contributed by atoms with Gasteiger partial charge in [0.15, 0.2) is 5.79 Å². The molecular formula is C17H20N2O3. The Morgan fingerprint density at radius 3 is 2.73 bits per heavy atom. The summed E-state index contributed by atoms with van der Waals surface area (Å²) < 4.78 is 11.4. The lowest BCUT2D eigenvalue weighted by Gasteiger charge is -2.37. The van der Waals surface area contributed by atoms with Crippen LogP contribution in [0.25, 0.3) is 6.08 Å². The standard InChI is InChI=1S/C17H20N2O3/c20-16(14-4-3-13-2-1-7-18-15(13)12-14)19-8-5-17(6-9-19)21-10-11-22-17/h2-4,12H,1,5-11H2. The highest BCUT2D eigenvalue weighted by Gasteiger charge is 2.40. The third-order valence-corrected chi connectivity index (χ3v) is 4.68. The number of fused-ring (bicyclic) bond motifs is 1. The van der Waals surface area contributed by atoms with E-state index >= 15 is 0 Å². The summed E-state index contributed by atoms with van der Waals surface area (Å²) >= 11 is 0. The van der Waals surface area contributed by atoms with E-state index in [9.17, 15) is 4.79 Å². The lowest BCUT2D eigenvalue weighted by atomic mass is 10.0. The average Bonchev–Trinajstić information content (AvgIpc) is 3.02. The van der Waals surface area contributed by atoms with Crippen molar-refractivity contribution >= 4 is 12.0 Å². The molecule has 1 aromatic carbocycles. The topological polar surface area (TPSA) is 51.1 Å². The number of likely N-dealkylation sites (tertiary alicyclic amines) is 1. The number of benzene rings is 1. The number of amides is 1. The van der Waals surface area contributed by atoms with Gasteiger partial charge < -0.3 is 14.4 Å². The molecule has 3 heterocycles. The third kappa shape index (κ3) is 2.44. The zero-order valence-corrected chi connectivity index (χ0v) is 12.6. The Morgan fingerprint density at radius 1 is 1.18 bits per heavy atom. The molecule has 0 saturated carbocycles. The van der Waals surface area contributed by atoms with E-state index in [2.05, 4.69) is 11.1 Å². The first-order chi connectivity index (χ1) is 10.8. The van der Waals surface area contributed by atoms with Crippen molar-refractivity contribution in [2.75, 3.05) is 32.8 Å². The summed E-state index contributed by atoms with van der Waals surface area (Å²) in [7, 11) is 0. The largest absolute Gasteiger partial charge is 0.347 e. The number of carbonyl (C=O) groups is 1. The molecule has 2 fully saturated rings. The molecule has 2 saturated heterocycles. The van der Waals surface area contributed by atoms with Crippen molar-refractivity contribution in [2.24, 2.45) is 4.99 Å². The van der Waals surface area contributed by atoms with Crippen LogP contribution >= 0.6 is 0 Å². The van der Waals surface area contributed by atoms with E-state index in [0.29, 0.717) is 26.3 Å². The van der Waals surface area contributed by atoms with Gasteiger partial charge in [-0.3, -0.25) is 9.79 Å². The highest BCUT2D eigenvalue weighted by molar-refractivity contribution is 5.94. The second-order valence-corrected chi connectivity index (χ2v) is 6.05. The van der Waals surface area contributed by atoms with E-state index in [0.717, 1.165) is 41.9 Å². The summed E-state index contributed by atoms with van der Waals surface area (Å²) in [5.74, 6) is -0.354. The predicted molar refractivity (Wildman–Crippen MR) is 80.9 cm³/mol. The van der Waals surface area contributed by atoms with E-state index in [1.165, 1.54) is 0 Å². The van der Waals surface area contributed by atoms with Gasteiger partial charge in [0.1, 0.15) is 0 Å². The maximum Gasteiger partial charge on any atom is 0.253 e. The Kier molecular flexibility index (Phi) is 3.47. The normalized spacial score (nSPS) is 22.8. The Balaban J connectivity index is 1.51. The quantitative estimate of drug-likeness (QED) is 0.757. The van der Waals surface area contributed by atoms with Crippen LogP contribution in [0.5, 0.6) is 0 Å². The fraction of sp³-hybridized carbons (Fsp3) is 0.529. The number of hydrogen-bond acceptors (Lipinski definition) is 4. The van der Waals surface area contributed by atoms with Crippen LogP contribution in [0.1, 0.15) is 29.6 Å². The van der Waals surface area contributed by atoms with Crippen molar-refractivity contribution in [3.05, 3.63) is 34.3 Å². The van der Waals surface area contributed by atoms with E-state index < -0.39 is 5.79 Å². The van der Waals surface area contributed by atoms with Crippen molar-refractivity contribution < 1.29 is 14.3 Å². The molecule has 5 nitrogen and oxygen atoms in total. The van der Waals surface area contributed by atoms with Gasteiger partial charge in [-0.05, 0) is 23.8 Å². The van der Waals surface area contributed by atoms with Crippen LogP contribution in [-0.2, 0) is 9.47 Å². The van der Waals surface area contributed by atoms with Gasteiger partial charge in [-0.25, -0.2) is 0 Å². The number of hydrogen-bond donors (Lipinski definition) is 0. The smallest absolute Gasteiger partial charge is 0.253 e. The first-order valence-corrected chi connectivity index (χ1v) is 7.98. The Bertz CT molecular complexity index is 697. The number of piperidine rings is 1. The molecule has 0 radical (unpaired) electrons. The van der Waals surface area contributed by atoms with Gasteiger partial charge in [0.2, 0.25) is 0 Å². The lowest BCUT2D eigenvalue weighted by molar-refractivity contribution is -0.181. The van der Waals surface area contributed by atoms with Crippen LogP contribution in [0, 0.1) is 0 Å². The average molecular weight is 300 g/mol. The molecule has 116 valence electrons. The second-order valence-electron chi connectivity index (χ2n) is 6.05. The summed E-state index contributed by atoms with van der Waals surface area (Å²) in [4.78, 5) is 19.1. The minimum Gasteiger partial charge on any atom is -0.347 e. The molecule has 1 aromatic rings. The van der Waals surface area contributed by atoms with Crippen molar-refractivity contribution in [1.82, 2.24) is 4.90 Å². The maximum atomic E-state index is 12.7. The summed E-state index contributed by atoms with van der Waals surface area (Å²) in [6.07, 6.45) is 4.66. The van der Waals surface area contributed by atoms with Gasteiger partial charge >= 0.3 is 0 Å². The molecule has 0 aromatic heterocycles. The van der Waals surface area contributed by atoms with Crippen molar-refractivity contribution in [1.29, 1.82) is 0 Å². The third-order valence-electron chi connectivity index (χ3n) is 4.68. The highest BCUT2D eigenvalue weighted by Crippen LogP contribution is 2.31. The van der Waals surface area contributed by atoms with Gasteiger partial charge in [0.25, 0.3) is 5.91 Å². The molecule has 0 unspecified atom stereocenters. The molecule has 0 bridgehead atoms. The van der Waals surface area contributed by atoms with Crippen LogP contribution in [0.2, 0.25) is 0 Å². The predicted octanol–water partition coefficient (Wildman–Crippen LogP) is 0.469. The Labute approximate surface area is 129 Å². The summed E-state index contributed by atoms with van der Waals surface area (Å²) in [6.45, 7) is 3.50. The van der Waals surface area contributed by atoms with Gasteiger partial charge in [-0.2, -0.15) is 0 Å². The number of rotatable bonds is 1. The maximum absolute atomic E-state index is 12.7. The van der Waals surface area contributed by atoms with Crippen LogP contribution in [0.3, 0.4) is 0 Å². The van der Waals surface area contributed by atoms with Gasteiger partial charge in [0.05, 0.1) is 18.6 Å². The molecular weight excluding hydrogens is 280 g/mol. The molecule has 5 heteroatoms. The van der Waals surface area contributed by atoms with Gasteiger partial charge in [0, 0.05) is 38.0 Å². The number of ether oxygens (including phenoxy) is 2. The van der Waals surface area contributed by atoms with Crippen LogP contribution in [0.4, 0.5) is 0 Å². The molecule has 0 atom stereocenters. The summed E-state index contributed by atoms with van der Waals surface area (Å²) in [5, 5.41) is 2.07. The van der Waals surface area contributed by atoms with E-state index in [4.69, 9.17) is 9.47 Å².